The summed E-state index contributed by atoms with van der Waals surface area (Å²) in [6, 6.07) is 7.72. The molecular formula is C13H17BO4. The lowest BCUT2D eigenvalue weighted by Crippen LogP contribution is -2.11. The van der Waals surface area contributed by atoms with Crippen LogP contribution in [-0.4, -0.2) is 24.9 Å². The third-order valence-electron chi connectivity index (χ3n) is 2.69. The fraction of sp³-hybridized carbons (Fsp3) is 0.385. The first-order chi connectivity index (χ1) is 8.49. The van der Waals surface area contributed by atoms with Gasteiger partial charge in [-0.3, -0.25) is 9.59 Å². The number of hydrogen-bond donors (Lipinski definition) is 1. The van der Waals surface area contributed by atoms with Gasteiger partial charge in [-0.1, -0.05) is 29.8 Å². The summed E-state index contributed by atoms with van der Waals surface area (Å²) in [5.41, 5.74) is 2.05. The largest absolute Gasteiger partial charge is 0.482 e. The Kier molecular flexibility index (Phi) is 5.43. The van der Waals surface area contributed by atoms with E-state index >= 15 is 0 Å². The number of carbonyl (C=O) groups is 2. The molecule has 0 amide bonds. The van der Waals surface area contributed by atoms with Gasteiger partial charge < -0.3 is 9.84 Å². The van der Waals surface area contributed by atoms with Crippen LogP contribution in [0.2, 0.25) is 5.82 Å². The van der Waals surface area contributed by atoms with Crippen LogP contribution >= 0.6 is 0 Å². The van der Waals surface area contributed by atoms with E-state index in [1.165, 1.54) is 0 Å². The average molecular weight is 248 g/mol. The summed E-state index contributed by atoms with van der Waals surface area (Å²) >= 11 is 0. The summed E-state index contributed by atoms with van der Waals surface area (Å²) < 4.78 is 5.08. The van der Waals surface area contributed by atoms with E-state index in [4.69, 9.17) is 9.84 Å². The molecule has 96 valence electrons. The number of rotatable bonds is 6. The number of aryl methyl sites for hydroxylation is 1. The van der Waals surface area contributed by atoms with Crippen molar-refractivity contribution in [3.8, 4) is 0 Å². The van der Waals surface area contributed by atoms with Gasteiger partial charge in [-0.05, 0) is 18.9 Å². The lowest BCUT2D eigenvalue weighted by atomic mass is 9.84. The van der Waals surface area contributed by atoms with E-state index in [0.717, 1.165) is 11.1 Å². The minimum atomic E-state index is -0.888. The molecule has 0 aliphatic heterocycles. The number of hydrogen-bond acceptors (Lipinski definition) is 3. The molecule has 0 saturated heterocycles. The Labute approximate surface area is 107 Å². The highest BCUT2D eigenvalue weighted by Gasteiger charge is 2.13. The zero-order valence-electron chi connectivity index (χ0n) is 10.7. The Balaban J connectivity index is 2.31. The van der Waals surface area contributed by atoms with E-state index in [-0.39, 0.29) is 19.0 Å². The molecule has 18 heavy (non-hydrogen) atoms. The summed E-state index contributed by atoms with van der Waals surface area (Å²) in [6.07, 6.45) is 0.446. The second-order valence-electron chi connectivity index (χ2n) is 4.43. The molecule has 0 heterocycles. The number of carboxylic acid groups (broad SMARTS) is 1. The summed E-state index contributed by atoms with van der Waals surface area (Å²) in [7, 11) is 1.58. The molecule has 0 bridgehead atoms. The first-order valence-electron chi connectivity index (χ1n) is 5.93. The van der Waals surface area contributed by atoms with Crippen LogP contribution in [0.1, 0.15) is 24.0 Å². The average Bonchev–Trinajstić information content (AvgIpc) is 2.33. The second-order valence-corrected chi connectivity index (χ2v) is 4.43. The van der Waals surface area contributed by atoms with Gasteiger partial charge in [-0.25, -0.2) is 0 Å². The highest BCUT2D eigenvalue weighted by atomic mass is 16.5. The molecule has 4 nitrogen and oxygen atoms in total. The van der Waals surface area contributed by atoms with Crippen molar-refractivity contribution in [1.29, 1.82) is 0 Å². The minimum Gasteiger partial charge on any atom is -0.482 e. The SMILES string of the molecule is B[C@@H](CCC(=O)OCc1cccc(C)c1)C(=O)O. The van der Waals surface area contributed by atoms with E-state index in [1.54, 1.807) is 7.85 Å². The molecule has 5 heteroatoms. The predicted molar refractivity (Wildman–Crippen MR) is 70.1 cm³/mol. The molecule has 0 radical (unpaired) electrons. The summed E-state index contributed by atoms with van der Waals surface area (Å²) in [5.74, 6) is -1.76. The number of carbonyl (C=O) groups excluding carboxylic acids is 1. The maximum Gasteiger partial charge on any atom is 0.306 e. The maximum absolute atomic E-state index is 11.4. The minimum absolute atomic E-state index is 0.138. The second kappa shape index (κ2) is 6.84. The molecule has 0 aromatic heterocycles. The molecule has 0 fully saturated rings. The lowest BCUT2D eigenvalue weighted by Gasteiger charge is -2.07. The van der Waals surface area contributed by atoms with Crippen LogP contribution in [0.25, 0.3) is 0 Å². The molecule has 0 unspecified atom stereocenters. The van der Waals surface area contributed by atoms with E-state index in [0.29, 0.717) is 6.42 Å². The standard InChI is InChI=1S/C13H17BO4/c1-9-3-2-4-10(7-9)8-18-12(15)6-5-11(14)13(16)17/h2-4,7,11H,5-6,8,14H2,1H3,(H,16,17)/t11-/m0/s1. The lowest BCUT2D eigenvalue weighted by molar-refractivity contribution is -0.145. The van der Waals surface area contributed by atoms with E-state index in [2.05, 4.69) is 0 Å². The van der Waals surface area contributed by atoms with Crippen LogP contribution < -0.4 is 0 Å². The third kappa shape index (κ3) is 5.04. The zero-order valence-corrected chi connectivity index (χ0v) is 10.7. The number of esters is 1. The van der Waals surface area contributed by atoms with E-state index in [1.807, 2.05) is 31.2 Å². The van der Waals surface area contributed by atoms with Gasteiger partial charge in [0.1, 0.15) is 14.5 Å². The molecule has 1 aromatic rings. The number of carboxylic acids is 1. The van der Waals surface area contributed by atoms with Crippen molar-refractivity contribution in [3.05, 3.63) is 35.4 Å². The van der Waals surface area contributed by atoms with Gasteiger partial charge in [-0.15, -0.1) is 0 Å². The van der Waals surface area contributed by atoms with E-state index in [9.17, 15) is 9.59 Å². The highest BCUT2D eigenvalue weighted by molar-refractivity contribution is 6.22. The van der Waals surface area contributed by atoms with Crippen molar-refractivity contribution < 1.29 is 19.4 Å². The molecule has 0 aliphatic carbocycles. The fourth-order valence-electron chi connectivity index (χ4n) is 1.50. The Morgan fingerprint density at radius 1 is 1.44 bits per heavy atom. The Bertz CT molecular complexity index is 431. The van der Waals surface area contributed by atoms with Crippen LogP contribution in [-0.2, 0) is 20.9 Å². The number of benzene rings is 1. The van der Waals surface area contributed by atoms with Gasteiger partial charge in [0.05, 0.1) is 0 Å². The van der Waals surface area contributed by atoms with Gasteiger partial charge in [0.25, 0.3) is 5.97 Å². The molecule has 1 N–H and O–H groups in total. The van der Waals surface area contributed by atoms with Gasteiger partial charge in [0, 0.05) is 12.2 Å². The normalized spacial score (nSPS) is 11.8. The molecule has 1 atom stereocenters. The van der Waals surface area contributed by atoms with Crippen molar-refractivity contribution in [3.63, 3.8) is 0 Å². The Morgan fingerprint density at radius 2 is 2.17 bits per heavy atom. The van der Waals surface area contributed by atoms with Crippen LogP contribution in [0.3, 0.4) is 0 Å². The smallest absolute Gasteiger partial charge is 0.306 e. The summed E-state index contributed by atoms with van der Waals surface area (Å²) in [6.45, 7) is 2.21. The maximum atomic E-state index is 11.4. The topological polar surface area (TPSA) is 63.6 Å². The first kappa shape index (κ1) is 14.3. The molecular weight excluding hydrogens is 231 g/mol. The van der Waals surface area contributed by atoms with Crippen molar-refractivity contribution in [1.82, 2.24) is 0 Å². The Hall–Kier alpha value is -1.78. The van der Waals surface area contributed by atoms with E-state index < -0.39 is 11.8 Å². The first-order valence-corrected chi connectivity index (χ1v) is 5.93. The summed E-state index contributed by atoms with van der Waals surface area (Å²) in [5, 5.41) is 8.68. The molecule has 1 aromatic carbocycles. The molecule has 0 aliphatic rings. The van der Waals surface area contributed by atoms with Crippen molar-refractivity contribution in [2.75, 3.05) is 0 Å². The van der Waals surface area contributed by atoms with Crippen LogP contribution in [0, 0.1) is 6.92 Å². The summed E-state index contributed by atoms with van der Waals surface area (Å²) in [4.78, 5) is 22.0. The number of aliphatic carboxylic acids is 1. The third-order valence-corrected chi connectivity index (χ3v) is 2.69. The molecule has 0 spiro atoms. The quantitative estimate of drug-likeness (QED) is 0.609. The van der Waals surface area contributed by atoms with Crippen LogP contribution in [0.5, 0.6) is 0 Å². The van der Waals surface area contributed by atoms with Crippen LogP contribution in [0.15, 0.2) is 24.3 Å². The van der Waals surface area contributed by atoms with Gasteiger partial charge in [-0.2, -0.15) is 0 Å². The van der Waals surface area contributed by atoms with Crippen molar-refractivity contribution >= 4 is 19.8 Å². The molecule has 1 rings (SSSR count). The van der Waals surface area contributed by atoms with Crippen molar-refractivity contribution in [2.24, 2.45) is 0 Å². The predicted octanol–water partition coefficient (Wildman–Crippen LogP) is 1.32. The van der Waals surface area contributed by atoms with Gasteiger partial charge >= 0.3 is 5.97 Å². The monoisotopic (exact) mass is 248 g/mol. The Morgan fingerprint density at radius 3 is 2.78 bits per heavy atom. The molecule has 0 saturated carbocycles. The van der Waals surface area contributed by atoms with Gasteiger partial charge in [0.15, 0.2) is 0 Å². The number of ether oxygens (including phenoxy) is 1. The van der Waals surface area contributed by atoms with Gasteiger partial charge in [0.2, 0.25) is 0 Å². The van der Waals surface area contributed by atoms with Crippen LogP contribution in [0.4, 0.5) is 0 Å². The fourth-order valence-corrected chi connectivity index (χ4v) is 1.50. The van der Waals surface area contributed by atoms with Crippen molar-refractivity contribution in [2.45, 2.75) is 32.2 Å². The zero-order chi connectivity index (χ0) is 13.5. The highest BCUT2D eigenvalue weighted by Crippen LogP contribution is 2.11.